The number of carbonyl (C=O) groups is 3. The van der Waals surface area contributed by atoms with E-state index in [0.29, 0.717) is 11.1 Å². The van der Waals surface area contributed by atoms with Crippen LogP contribution in [0.15, 0.2) is 30.3 Å². The second kappa shape index (κ2) is 7.62. The van der Waals surface area contributed by atoms with Crippen LogP contribution in [-0.2, 0) is 9.53 Å². The number of rotatable bonds is 5. The van der Waals surface area contributed by atoms with Crippen LogP contribution in [0, 0.1) is 0 Å². The number of piperidine rings is 1. The van der Waals surface area contributed by atoms with Crippen molar-refractivity contribution in [1.29, 1.82) is 0 Å². The molecule has 2 heterocycles. The van der Waals surface area contributed by atoms with Crippen molar-refractivity contribution in [3.8, 4) is 0 Å². The number of esters is 1. The molecule has 0 aromatic heterocycles. The van der Waals surface area contributed by atoms with E-state index in [1.165, 1.54) is 11.3 Å². The van der Waals surface area contributed by atoms with Crippen molar-refractivity contribution in [3.63, 3.8) is 0 Å². The molecule has 28 heavy (non-hydrogen) atoms. The molecule has 2 aromatic carbocycles. The van der Waals surface area contributed by atoms with Crippen LogP contribution < -0.4 is 4.90 Å². The molecule has 1 saturated heterocycles. The zero-order valence-electron chi connectivity index (χ0n) is 16.1. The number of carbonyl (C=O) groups excluding carboxylic acids is 3. The van der Waals surface area contributed by atoms with Gasteiger partial charge in [-0.3, -0.25) is 19.3 Å². The predicted octanol–water partition coefficient (Wildman–Crippen LogP) is 3.38. The van der Waals surface area contributed by atoms with Crippen molar-refractivity contribution in [2.24, 2.45) is 0 Å². The highest BCUT2D eigenvalue weighted by atomic mass is 16.5. The summed E-state index contributed by atoms with van der Waals surface area (Å²) in [6.45, 7) is 3.77. The smallest absolute Gasteiger partial charge is 0.305 e. The van der Waals surface area contributed by atoms with Gasteiger partial charge < -0.3 is 9.64 Å². The molecular formula is C22H24N2O4. The van der Waals surface area contributed by atoms with Crippen LogP contribution in [0.4, 0.5) is 5.69 Å². The molecule has 1 fully saturated rings. The van der Waals surface area contributed by atoms with E-state index in [1.807, 2.05) is 24.3 Å². The number of imide groups is 1. The summed E-state index contributed by atoms with van der Waals surface area (Å²) < 4.78 is 5.06. The Morgan fingerprint density at radius 3 is 2.43 bits per heavy atom. The fraction of sp³-hybridized carbons (Fsp3) is 0.409. The average molecular weight is 380 g/mol. The van der Waals surface area contributed by atoms with Gasteiger partial charge in [-0.25, -0.2) is 0 Å². The molecule has 0 atom stereocenters. The van der Waals surface area contributed by atoms with Gasteiger partial charge in [-0.05, 0) is 37.5 Å². The Labute approximate surface area is 164 Å². The molecule has 2 aromatic rings. The quantitative estimate of drug-likeness (QED) is 0.588. The highest BCUT2D eigenvalue weighted by Crippen LogP contribution is 2.36. The van der Waals surface area contributed by atoms with Crippen LogP contribution >= 0.6 is 0 Å². The zero-order chi connectivity index (χ0) is 19.7. The Balaban J connectivity index is 1.69. The lowest BCUT2D eigenvalue weighted by Gasteiger charge is -2.32. The Bertz CT molecular complexity index is 925. The number of nitrogens with zero attached hydrogens (tertiary/aromatic N) is 2. The van der Waals surface area contributed by atoms with Gasteiger partial charge in [-0.2, -0.15) is 0 Å². The van der Waals surface area contributed by atoms with E-state index in [-0.39, 0.29) is 37.4 Å². The number of hydrogen-bond donors (Lipinski definition) is 0. The molecule has 2 aliphatic rings. The van der Waals surface area contributed by atoms with E-state index >= 15 is 0 Å². The van der Waals surface area contributed by atoms with Gasteiger partial charge in [0.05, 0.1) is 6.54 Å². The van der Waals surface area contributed by atoms with Crippen LogP contribution in [0.25, 0.3) is 10.8 Å². The van der Waals surface area contributed by atoms with Crippen molar-refractivity contribution in [1.82, 2.24) is 4.90 Å². The standard InChI is InChI=1S/C22H24N2O4/c1-2-19(25)28-14-13-24-21(26)16-8-6-7-15-18(23-11-4-3-5-12-23)10-9-17(20(15)16)22(24)27/h6-10H,2-5,11-14H2,1H3. The van der Waals surface area contributed by atoms with Gasteiger partial charge in [0.1, 0.15) is 6.61 Å². The Hall–Kier alpha value is -2.89. The molecule has 0 unspecified atom stereocenters. The number of ether oxygens (including phenoxy) is 1. The normalized spacial score (nSPS) is 16.6. The highest BCUT2D eigenvalue weighted by molar-refractivity contribution is 6.26. The SMILES string of the molecule is CCC(=O)OCCN1C(=O)c2cccc3c(N4CCCCC4)ccc(c23)C1=O. The molecule has 6 heteroatoms. The fourth-order valence-electron chi connectivity index (χ4n) is 4.10. The third-order valence-corrected chi connectivity index (χ3v) is 5.53. The van der Waals surface area contributed by atoms with Crippen LogP contribution in [0.3, 0.4) is 0 Å². The molecule has 6 nitrogen and oxygen atoms in total. The molecule has 0 spiro atoms. The summed E-state index contributed by atoms with van der Waals surface area (Å²) in [5.41, 5.74) is 2.16. The molecule has 2 amide bonds. The highest BCUT2D eigenvalue weighted by Gasteiger charge is 2.33. The first-order valence-electron chi connectivity index (χ1n) is 9.94. The van der Waals surface area contributed by atoms with Gasteiger partial charge in [0.2, 0.25) is 0 Å². The summed E-state index contributed by atoms with van der Waals surface area (Å²) in [5.74, 6) is -0.997. The van der Waals surface area contributed by atoms with E-state index < -0.39 is 0 Å². The van der Waals surface area contributed by atoms with Gasteiger partial charge >= 0.3 is 5.97 Å². The summed E-state index contributed by atoms with van der Waals surface area (Å²) >= 11 is 0. The lowest BCUT2D eigenvalue weighted by molar-refractivity contribution is -0.143. The van der Waals surface area contributed by atoms with Gasteiger partial charge in [-0.1, -0.05) is 19.1 Å². The minimum Gasteiger partial charge on any atom is -0.464 e. The van der Waals surface area contributed by atoms with Crippen molar-refractivity contribution < 1.29 is 19.1 Å². The lowest BCUT2D eigenvalue weighted by Crippen LogP contribution is -2.42. The van der Waals surface area contributed by atoms with Crippen LogP contribution in [0.2, 0.25) is 0 Å². The van der Waals surface area contributed by atoms with Crippen molar-refractivity contribution in [3.05, 3.63) is 41.5 Å². The van der Waals surface area contributed by atoms with Crippen molar-refractivity contribution in [2.75, 3.05) is 31.1 Å². The maximum atomic E-state index is 13.0. The molecule has 0 N–H and O–H groups in total. The molecule has 146 valence electrons. The minimum absolute atomic E-state index is 0.0152. The molecule has 0 radical (unpaired) electrons. The third-order valence-electron chi connectivity index (χ3n) is 5.53. The molecule has 0 aliphatic carbocycles. The zero-order valence-corrected chi connectivity index (χ0v) is 16.1. The summed E-state index contributed by atoms with van der Waals surface area (Å²) in [5, 5.41) is 1.69. The Kier molecular flexibility index (Phi) is 5.03. The second-order valence-corrected chi connectivity index (χ2v) is 7.24. The van der Waals surface area contributed by atoms with E-state index in [0.717, 1.165) is 42.4 Å². The second-order valence-electron chi connectivity index (χ2n) is 7.24. The number of amides is 2. The topological polar surface area (TPSA) is 66.9 Å². The first kappa shape index (κ1) is 18.5. The number of hydrogen-bond acceptors (Lipinski definition) is 5. The first-order valence-corrected chi connectivity index (χ1v) is 9.94. The molecule has 4 rings (SSSR count). The van der Waals surface area contributed by atoms with E-state index in [9.17, 15) is 14.4 Å². The Morgan fingerprint density at radius 1 is 1.00 bits per heavy atom. The largest absolute Gasteiger partial charge is 0.464 e. The maximum Gasteiger partial charge on any atom is 0.305 e. The first-order chi connectivity index (χ1) is 13.6. The van der Waals surface area contributed by atoms with Crippen LogP contribution in [0.1, 0.15) is 53.3 Å². The summed E-state index contributed by atoms with van der Waals surface area (Å²) in [6, 6.07) is 9.46. The molecule has 0 saturated carbocycles. The van der Waals surface area contributed by atoms with Gasteiger partial charge in [0.15, 0.2) is 0 Å². The summed E-state index contributed by atoms with van der Waals surface area (Å²) in [6.07, 6.45) is 3.83. The predicted molar refractivity (Wildman–Crippen MR) is 107 cm³/mol. The minimum atomic E-state index is -0.342. The summed E-state index contributed by atoms with van der Waals surface area (Å²) in [7, 11) is 0. The fourth-order valence-corrected chi connectivity index (χ4v) is 4.10. The monoisotopic (exact) mass is 380 g/mol. The third kappa shape index (κ3) is 3.13. The van der Waals surface area contributed by atoms with E-state index in [2.05, 4.69) is 4.90 Å². The summed E-state index contributed by atoms with van der Waals surface area (Å²) in [4.78, 5) is 40.9. The number of anilines is 1. The van der Waals surface area contributed by atoms with Crippen LogP contribution in [0.5, 0.6) is 0 Å². The van der Waals surface area contributed by atoms with E-state index in [4.69, 9.17) is 4.74 Å². The average Bonchev–Trinajstić information content (AvgIpc) is 2.74. The van der Waals surface area contributed by atoms with Gasteiger partial charge in [0.25, 0.3) is 11.8 Å². The Morgan fingerprint density at radius 2 is 1.71 bits per heavy atom. The van der Waals surface area contributed by atoms with Gasteiger partial charge in [-0.15, -0.1) is 0 Å². The molecular weight excluding hydrogens is 356 g/mol. The maximum absolute atomic E-state index is 13.0. The molecule has 0 bridgehead atoms. The van der Waals surface area contributed by atoms with Gasteiger partial charge in [0, 0.05) is 47.1 Å². The molecule has 2 aliphatic heterocycles. The lowest BCUT2D eigenvalue weighted by atomic mass is 9.92. The van der Waals surface area contributed by atoms with Crippen molar-refractivity contribution >= 4 is 34.2 Å². The van der Waals surface area contributed by atoms with Crippen molar-refractivity contribution in [2.45, 2.75) is 32.6 Å². The van der Waals surface area contributed by atoms with E-state index in [1.54, 1.807) is 13.0 Å². The van der Waals surface area contributed by atoms with Crippen LogP contribution in [-0.4, -0.2) is 48.9 Å². The number of benzene rings is 2.